The van der Waals surface area contributed by atoms with Crippen LogP contribution in [-0.2, 0) is 9.53 Å². The Morgan fingerprint density at radius 3 is 2.16 bits per heavy atom. The van der Waals surface area contributed by atoms with Crippen LogP contribution in [0, 0.1) is 11.3 Å². The number of fused-ring (bicyclic) bond motifs is 2. The first-order valence-electron chi connectivity index (χ1n) is 9.28. The molecule has 1 N–H and O–H groups in total. The molecule has 0 atom stereocenters. The summed E-state index contributed by atoms with van der Waals surface area (Å²) >= 11 is 0. The van der Waals surface area contributed by atoms with E-state index in [1.807, 2.05) is 6.07 Å². The number of rotatable bonds is 4. The van der Waals surface area contributed by atoms with Crippen molar-refractivity contribution >= 4 is 29.1 Å². The molecule has 0 unspecified atom stereocenters. The molecule has 3 aromatic rings. The highest BCUT2D eigenvalue weighted by molar-refractivity contribution is 6.30. The molecule has 31 heavy (non-hydrogen) atoms. The van der Waals surface area contributed by atoms with Crippen LogP contribution in [0.15, 0.2) is 66.7 Å². The van der Waals surface area contributed by atoms with Gasteiger partial charge in [-0.05, 0) is 30.3 Å². The molecular formula is C24H14N2O5. The van der Waals surface area contributed by atoms with Gasteiger partial charge in [-0.1, -0.05) is 36.4 Å². The van der Waals surface area contributed by atoms with E-state index in [0.717, 1.165) is 0 Å². The van der Waals surface area contributed by atoms with E-state index < -0.39 is 18.5 Å². The third-order valence-electron chi connectivity index (χ3n) is 4.81. The van der Waals surface area contributed by atoms with Gasteiger partial charge in [0.1, 0.15) is 0 Å². The van der Waals surface area contributed by atoms with E-state index in [9.17, 15) is 19.2 Å². The predicted octanol–water partition coefficient (Wildman–Crippen LogP) is 3.13. The molecule has 0 heterocycles. The monoisotopic (exact) mass is 410 g/mol. The molecule has 3 aromatic carbocycles. The van der Waals surface area contributed by atoms with Gasteiger partial charge in [0.2, 0.25) is 0 Å². The lowest BCUT2D eigenvalue weighted by Crippen LogP contribution is -2.26. The summed E-state index contributed by atoms with van der Waals surface area (Å²) in [5.41, 5.74) is 1.66. The molecule has 1 amide bonds. The number of esters is 1. The number of ketones is 2. The maximum atomic E-state index is 12.9. The minimum absolute atomic E-state index is 0.109. The highest BCUT2D eigenvalue weighted by Crippen LogP contribution is 2.31. The van der Waals surface area contributed by atoms with Crippen molar-refractivity contribution in [2.45, 2.75) is 0 Å². The van der Waals surface area contributed by atoms with Crippen LogP contribution in [0.3, 0.4) is 0 Å². The van der Waals surface area contributed by atoms with Crippen molar-refractivity contribution in [2.75, 3.05) is 11.9 Å². The van der Waals surface area contributed by atoms with E-state index >= 15 is 0 Å². The minimum atomic E-state index is -0.727. The minimum Gasteiger partial charge on any atom is -0.452 e. The zero-order valence-electron chi connectivity index (χ0n) is 16.0. The topological polar surface area (TPSA) is 113 Å². The standard InChI is InChI=1S/C24H14N2O5/c25-12-14-8-10-15(11-9-14)24(30)31-13-20(27)26-19-7-3-6-18-21(19)23(29)17-5-2-1-4-16(17)22(18)28/h1-11H,13H2,(H,26,27). The number of nitrogens with one attached hydrogen (secondary N) is 1. The molecule has 7 heteroatoms. The zero-order chi connectivity index (χ0) is 22.0. The van der Waals surface area contributed by atoms with Crippen molar-refractivity contribution in [2.24, 2.45) is 0 Å². The number of hydrogen-bond donors (Lipinski definition) is 1. The van der Waals surface area contributed by atoms with E-state index in [-0.39, 0.29) is 39.5 Å². The number of ether oxygens (including phenoxy) is 1. The normalized spacial score (nSPS) is 11.7. The first kappa shape index (κ1) is 19.7. The van der Waals surface area contributed by atoms with Crippen LogP contribution in [-0.4, -0.2) is 30.0 Å². The highest BCUT2D eigenvalue weighted by atomic mass is 16.5. The lowest BCUT2D eigenvalue weighted by atomic mass is 9.83. The number of benzene rings is 3. The van der Waals surface area contributed by atoms with Crippen molar-refractivity contribution in [1.82, 2.24) is 0 Å². The fraction of sp³-hybridized carbons (Fsp3) is 0.0417. The molecule has 0 fully saturated rings. The van der Waals surface area contributed by atoms with Crippen molar-refractivity contribution in [3.63, 3.8) is 0 Å². The van der Waals surface area contributed by atoms with Gasteiger partial charge in [0.25, 0.3) is 5.91 Å². The molecular weight excluding hydrogens is 396 g/mol. The molecule has 150 valence electrons. The van der Waals surface area contributed by atoms with Crippen LogP contribution in [0.5, 0.6) is 0 Å². The summed E-state index contributed by atoms with van der Waals surface area (Å²) in [6, 6.07) is 18.8. The molecule has 0 saturated heterocycles. The van der Waals surface area contributed by atoms with Crippen molar-refractivity contribution < 1.29 is 23.9 Å². The van der Waals surface area contributed by atoms with Gasteiger partial charge in [0.15, 0.2) is 18.2 Å². The van der Waals surface area contributed by atoms with E-state index in [1.165, 1.54) is 36.4 Å². The summed E-state index contributed by atoms with van der Waals surface area (Å²) in [4.78, 5) is 50.1. The van der Waals surface area contributed by atoms with Crippen LogP contribution < -0.4 is 5.32 Å². The second-order valence-electron chi connectivity index (χ2n) is 6.75. The lowest BCUT2D eigenvalue weighted by Gasteiger charge is -2.20. The van der Waals surface area contributed by atoms with E-state index in [0.29, 0.717) is 11.1 Å². The van der Waals surface area contributed by atoms with Gasteiger partial charge in [-0.3, -0.25) is 14.4 Å². The Morgan fingerprint density at radius 2 is 1.48 bits per heavy atom. The number of nitriles is 1. The summed E-state index contributed by atoms with van der Waals surface area (Å²) in [5, 5.41) is 11.3. The van der Waals surface area contributed by atoms with Gasteiger partial charge in [-0.2, -0.15) is 5.26 Å². The number of amides is 1. The van der Waals surface area contributed by atoms with E-state index in [2.05, 4.69) is 5.32 Å². The van der Waals surface area contributed by atoms with Gasteiger partial charge in [-0.25, -0.2) is 4.79 Å². The Bertz CT molecular complexity index is 1290. The number of carbonyl (C=O) groups excluding carboxylic acids is 4. The number of anilines is 1. The Kier molecular flexibility index (Phi) is 5.12. The molecule has 1 aliphatic carbocycles. The molecule has 0 spiro atoms. The molecule has 0 aliphatic heterocycles. The third kappa shape index (κ3) is 3.70. The fourth-order valence-corrected chi connectivity index (χ4v) is 3.33. The molecule has 0 saturated carbocycles. The predicted molar refractivity (Wildman–Crippen MR) is 110 cm³/mol. The largest absolute Gasteiger partial charge is 0.452 e. The van der Waals surface area contributed by atoms with Crippen LogP contribution in [0.4, 0.5) is 5.69 Å². The Labute approximate surface area is 176 Å². The van der Waals surface area contributed by atoms with Gasteiger partial charge < -0.3 is 10.1 Å². The molecule has 0 bridgehead atoms. The van der Waals surface area contributed by atoms with Crippen LogP contribution in [0.25, 0.3) is 0 Å². The van der Waals surface area contributed by atoms with Gasteiger partial charge in [0, 0.05) is 16.7 Å². The SMILES string of the molecule is N#Cc1ccc(C(=O)OCC(=O)Nc2cccc3c2C(=O)c2ccccc2C3=O)cc1. The summed E-state index contributed by atoms with van der Waals surface area (Å²) in [6.07, 6.45) is 0. The number of hydrogen-bond acceptors (Lipinski definition) is 6. The second-order valence-corrected chi connectivity index (χ2v) is 6.75. The molecule has 0 radical (unpaired) electrons. The smallest absolute Gasteiger partial charge is 0.338 e. The van der Waals surface area contributed by atoms with Gasteiger partial charge >= 0.3 is 5.97 Å². The third-order valence-corrected chi connectivity index (χ3v) is 4.81. The number of nitrogens with zero attached hydrogens (tertiary/aromatic N) is 1. The summed E-state index contributed by atoms with van der Waals surface area (Å²) in [6.45, 7) is -0.582. The van der Waals surface area contributed by atoms with E-state index in [4.69, 9.17) is 10.00 Å². The Hall–Kier alpha value is -4.57. The van der Waals surface area contributed by atoms with Crippen LogP contribution >= 0.6 is 0 Å². The van der Waals surface area contributed by atoms with Crippen LogP contribution in [0.2, 0.25) is 0 Å². The Morgan fingerprint density at radius 1 is 0.839 bits per heavy atom. The average molecular weight is 410 g/mol. The molecule has 0 aromatic heterocycles. The van der Waals surface area contributed by atoms with Gasteiger partial charge in [-0.15, -0.1) is 0 Å². The summed E-state index contributed by atoms with van der Waals surface area (Å²) in [5.74, 6) is -2.05. The molecule has 7 nitrogen and oxygen atoms in total. The van der Waals surface area contributed by atoms with Crippen molar-refractivity contribution in [1.29, 1.82) is 5.26 Å². The fourth-order valence-electron chi connectivity index (χ4n) is 3.33. The van der Waals surface area contributed by atoms with Gasteiger partial charge in [0.05, 0.1) is 28.4 Å². The van der Waals surface area contributed by atoms with E-state index in [1.54, 1.807) is 30.3 Å². The average Bonchev–Trinajstić information content (AvgIpc) is 2.81. The maximum absolute atomic E-state index is 12.9. The zero-order valence-corrected chi connectivity index (χ0v) is 16.0. The van der Waals surface area contributed by atoms with Crippen molar-refractivity contribution in [3.05, 3.63) is 100 Å². The quantitative estimate of drug-likeness (QED) is 0.517. The van der Waals surface area contributed by atoms with Crippen molar-refractivity contribution in [3.8, 4) is 6.07 Å². The molecule has 4 rings (SSSR count). The maximum Gasteiger partial charge on any atom is 0.338 e. The highest BCUT2D eigenvalue weighted by Gasteiger charge is 2.31. The van der Waals surface area contributed by atoms with Crippen LogP contribution in [0.1, 0.15) is 47.8 Å². The first-order valence-corrected chi connectivity index (χ1v) is 9.28. The second kappa shape index (κ2) is 8.05. The molecule has 1 aliphatic rings. The number of carbonyl (C=O) groups is 4. The Balaban J connectivity index is 1.49. The first-order chi connectivity index (χ1) is 15.0. The lowest BCUT2D eigenvalue weighted by molar-refractivity contribution is -0.119. The summed E-state index contributed by atoms with van der Waals surface area (Å²) < 4.78 is 5.00. The summed E-state index contributed by atoms with van der Waals surface area (Å²) in [7, 11) is 0.